The van der Waals surface area contributed by atoms with Crippen LogP contribution in [-0.2, 0) is 4.79 Å². The molecule has 1 fully saturated rings. The molecule has 1 aliphatic rings. The molecule has 0 radical (unpaired) electrons. The van der Waals surface area contributed by atoms with Gasteiger partial charge in [-0.2, -0.15) is 0 Å². The smallest absolute Gasteiger partial charge is 0.232 e. The first-order valence-electron chi connectivity index (χ1n) is 11.3. The number of aromatic nitrogens is 2. The lowest BCUT2D eigenvalue weighted by Crippen LogP contribution is -2.45. The Morgan fingerprint density at radius 1 is 1.16 bits per heavy atom. The molecule has 6 heteroatoms. The molecule has 0 atom stereocenters. The molecule has 31 heavy (non-hydrogen) atoms. The van der Waals surface area contributed by atoms with Crippen molar-refractivity contribution < 1.29 is 14.3 Å². The van der Waals surface area contributed by atoms with Crippen LogP contribution in [0.2, 0.25) is 0 Å². The monoisotopic (exact) mass is 425 g/mol. The van der Waals surface area contributed by atoms with Gasteiger partial charge < -0.3 is 14.8 Å². The molecule has 1 heterocycles. The number of hydrogen-bond donors (Lipinski definition) is 1. The summed E-state index contributed by atoms with van der Waals surface area (Å²) in [4.78, 5) is 21.1. The average Bonchev–Trinajstić information content (AvgIpc) is 2.75. The summed E-state index contributed by atoms with van der Waals surface area (Å²) in [6, 6.07) is 6.44. The van der Waals surface area contributed by atoms with Gasteiger partial charge >= 0.3 is 0 Å². The number of aryl methyl sites for hydroxylation is 2. The van der Waals surface area contributed by atoms with E-state index in [9.17, 15) is 4.79 Å². The molecular weight excluding hydrogens is 390 g/mol. The van der Waals surface area contributed by atoms with Crippen molar-refractivity contribution in [2.24, 2.45) is 5.41 Å². The second kappa shape index (κ2) is 10.6. The Morgan fingerprint density at radius 2 is 1.94 bits per heavy atom. The van der Waals surface area contributed by atoms with Crippen molar-refractivity contribution in [3.63, 3.8) is 0 Å². The molecule has 0 spiro atoms. The zero-order valence-electron chi connectivity index (χ0n) is 19.2. The van der Waals surface area contributed by atoms with Crippen LogP contribution in [0.5, 0.6) is 11.6 Å². The number of carbonyl (C=O) groups excluding carboxylic acids is 1. The molecule has 1 aromatic heterocycles. The van der Waals surface area contributed by atoms with E-state index in [0.717, 1.165) is 49.8 Å². The molecule has 1 saturated carbocycles. The van der Waals surface area contributed by atoms with E-state index in [2.05, 4.69) is 47.3 Å². The highest BCUT2D eigenvalue weighted by Gasteiger charge is 2.31. The third kappa shape index (κ3) is 6.94. The summed E-state index contributed by atoms with van der Waals surface area (Å²) in [5, 5.41) is 3.26. The van der Waals surface area contributed by atoms with Crippen LogP contribution in [0, 0.1) is 19.3 Å². The molecule has 168 valence electrons. The molecule has 0 saturated heterocycles. The fourth-order valence-corrected chi connectivity index (χ4v) is 3.90. The third-order valence-corrected chi connectivity index (χ3v) is 6.00. The minimum Gasteiger partial charge on any atom is -0.493 e. The van der Waals surface area contributed by atoms with E-state index in [1.807, 2.05) is 13.8 Å². The van der Waals surface area contributed by atoms with E-state index in [-0.39, 0.29) is 18.1 Å². The van der Waals surface area contributed by atoms with Crippen LogP contribution in [-0.4, -0.2) is 34.6 Å². The van der Waals surface area contributed by atoms with Crippen molar-refractivity contribution in [2.45, 2.75) is 78.4 Å². The molecule has 6 nitrogen and oxygen atoms in total. The maximum atomic E-state index is 12.9. The lowest BCUT2D eigenvalue weighted by atomic mass is 9.85. The molecule has 0 unspecified atom stereocenters. The molecule has 1 aliphatic carbocycles. The first-order valence-corrected chi connectivity index (χ1v) is 11.3. The minimum absolute atomic E-state index is 0.123. The molecule has 2 aromatic rings. The number of carbonyl (C=O) groups is 1. The molecule has 0 aliphatic heterocycles. The van der Waals surface area contributed by atoms with Crippen LogP contribution in [0.15, 0.2) is 36.8 Å². The Kier molecular flexibility index (Phi) is 7.88. The van der Waals surface area contributed by atoms with Gasteiger partial charge in [-0.05, 0) is 69.6 Å². The zero-order valence-corrected chi connectivity index (χ0v) is 19.2. The standard InChI is InChI=1S/C25H35N3O3/c1-18-6-7-19(2)22(16-18)30-15-5-12-25(3,4)24(29)28-20-8-10-21(11-9-20)31-23-17-26-13-14-27-23/h6-7,13-14,16-17,20-21H,5,8-12,15H2,1-4H3,(H,28,29)/t20-,21-. The van der Waals surface area contributed by atoms with Crippen molar-refractivity contribution in [2.75, 3.05) is 6.61 Å². The maximum Gasteiger partial charge on any atom is 0.232 e. The molecule has 1 amide bonds. The van der Waals surface area contributed by atoms with E-state index in [0.29, 0.717) is 12.5 Å². The van der Waals surface area contributed by atoms with Gasteiger partial charge in [-0.1, -0.05) is 26.0 Å². The maximum absolute atomic E-state index is 12.9. The Bertz CT molecular complexity index is 846. The van der Waals surface area contributed by atoms with Crippen molar-refractivity contribution >= 4 is 5.91 Å². The summed E-state index contributed by atoms with van der Waals surface area (Å²) in [6.45, 7) is 8.77. The highest BCUT2D eigenvalue weighted by molar-refractivity contribution is 5.82. The summed E-state index contributed by atoms with van der Waals surface area (Å²) in [6.07, 6.45) is 10.3. The van der Waals surface area contributed by atoms with Gasteiger partial charge in [0.25, 0.3) is 0 Å². The number of amides is 1. The van der Waals surface area contributed by atoms with Crippen molar-refractivity contribution in [3.8, 4) is 11.6 Å². The number of rotatable bonds is 9. The van der Waals surface area contributed by atoms with Gasteiger partial charge in [0.2, 0.25) is 11.8 Å². The largest absolute Gasteiger partial charge is 0.493 e. The fraction of sp³-hybridized carbons (Fsp3) is 0.560. The van der Waals surface area contributed by atoms with E-state index in [1.165, 1.54) is 5.56 Å². The van der Waals surface area contributed by atoms with Gasteiger partial charge in [0.1, 0.15) is 11.9 Å². The Morgan fingerprint density at radius 3 is 2.65 bits per heavy atom. The second-order valence-electron chi connectivity index (χ2n) is 9.21. The van der Waals surface area contributed by atoms with Crippen LogP contribution < -0.4 is 14.8 Å². The van der Waals surface area contributed by atoms with Crippen molar-refractivity contribution in [3.05, 3.63) is 47.9 Å². The van der Waals surface area contributed by atoms with Crippen LogP contribution in [0.3, 0.4) is 0 Å². The van der Waals surface area contributed by atoms with E-state index < -0.39 is 5.41 Å². The molecule has 1 N–H and O–H groups in total. The summed E-state index contributed by atoms with van der Waals surface area (Å²) in [5.41, 5.74) is 1.91. The average molecular weight is 426 g/mol. The lowest BCUT2D eigenvalue weighted by Gasteiger charge is -2.32. The topological polar surface area (TPSA) is 73.3 Å². The van der Waals surface area contributed by atoms with E-state index >= 15 is 0 Å². The van der Waals surface area contributed by atoms with Crippen molar-refractivity contribution in [1.29, 1.82) is 0 Å². The highest BCUT2D eigenvalue weighted by Crippen LogP contribution is 2.27. The van der Waals surface area contributed by atoms with Crippen LogP contribution in [0.1, 0.15) is 63.5 Å². The first kappa shape index (κ1) is 23.0. The highest BCUT2D eigenvalue weighted by atomic mass is 16.5. The molecule has 0 bridgehead atoms. The fourth-order valence-electron chi connectivity index (χ4n) is 3.90. The Hall–Kier alpha value is -2.63. The molecule has 3 rings (SSSR count). The van der Waals surface area contributed by atoms with Gasteiger partial charge in [-0.25, -0.2) is 4.98 Å². The summed E-state index contributed by atoms with van der Waals surface area (Å²) in [5.74, 6) is 1.62. The van der Waals surface area contributed by atoms with Crippen molar-refractivity contribution in [1.82, 2.24) is 15.3 Å². The van der Waals surface area contributed by atoms with Gasteiger partial charge in [0.15, 0.2) is 0 Å². The molecular formula is C25H35N3O3. The van der Waals surface area contributed by atoms with E-state index in [1.54, 1.807) is 18.6 Å². The normalized spacial score (nSPS) is 19.0. The zero-order chi connectivity index (χ0) is 22.3. The number of ether oxygens (including phenoxy) is 2. The van der Waals surface area contributed by atoms with Gasteiger partial charge in [0.05, 0.1) is 12.8 Å². The number of hydrogen-bond acceptors (Lipinski definition) is 5. The number of nitrogens with one attached hydrogen (secondary N) is 1. The summed E-state index contributed by atoms with van der Waals surface area (Å²) < 4.78 is 11.8. The first-order chi connectivity index (χ1) is 14.8. The summed E-state index contributed by atoms with van der Waals surface area (Å²) >= 11 is 0. The van der Waals surface area contributed by atoms with Gasteiger partial charge in [-0.15, -0.1) is 0 Å². The lowest BCUT2D eigenvalue weighted by molar-refractivity contribution is -0.130. The van der Waals surface area contributed by atoms with Crippen LogP contribution >= 0.6 is 0 Å². The number of nitrogens with zero attached hydrogens (tertiary/aromatic N) is 2. The number of benzene rings is 1. The quantitative estimate of drug-likeness (QED) is 0.585. The summed E-state index contributed by atoms with van der Waals surface area (Å²) in [7, 11) is 0. The minimum atomic E-state index is -0.419. The van der Waals surface area contributed by atoms with E-state index in [4.69, 9.17) is 9.47 Å². The Balaban J connectivity index is 1.37. The third-order valence-electron chi connectivity index (χ3n) is 6.00. The van der Waals surface area contributed by atoms with Crippen LogP contribution in [0.25, 0.3) is 0 Å². The Labute approximate surface area is 185 Å². The van der Waals surface area contributed by atoms with Gasteiger partial charge in [0, 0.05) is 23.9 Å². The molecule has 1 aromatic carbocycles. The second-order valence-corrected chi connectivity index (χ2v) is 9.21. The SMILES string of the molecule is Cc1ccc(C)c(OCCCC(C)(C)C(=O)N[C@H]2CC[C@H](Oc3cnccn3)CC2)c1. The van der Waals surface area contributed by atoms with Crippen LogP contribution in [0.4, 0.5) is 0 Å². The predicted molar refractivity (Wildman–Crippen MR) is 121 cm³/mol. The predicted octanol–water partition coefficient (Wildman–Crippen LogP) is 4.79. The van der Waals surface area contributed by atoms with Gasteiger partial charge in [-0.3, -0.25) is 9.78 Å².